The average molecular weight is 460 g/mol. The van der Waals surface area contributed by atoms with E-state index in [-0.39, 0.29) is 29.3 Å². The molecular weight excluding hydrogens is 426 g/mol. The Morgan fingerprint density at radius 3 is 2.31 bits per heavy atom. The molecule has 174 valence electrons. The number of sulfonamides is 1. The first-order valence-corrected chi connectivity index (χ1v) is 12.4. The molecule has 32 heavy (non-hydrogen) atoms. The highest BCUT2D eigenvalue weighted by Crippen LogP contribution is 2.24. The van der Waals surface area contributed by atoms with Crippen LogP contribution in [-0.2, 0) is 19.6 Å². The molecule has 1 fully saturated rings. The van der Waals surface area contributed by atoms with Crippen LogP contribution in [-0.4, -0.2) is 64.2 Å². The molecule has 1 amide bonds. The highest BCUT2D eigenvalue weighted by molar-refractivity contribution is 7.92. The number of benzene rings is 2. The third-order valence-electron chi connectivity index (χ3n) is 5.78. The van der Waals surface area contributed by atoms with E-state index in [2.05, 4.69) is 24.1 Å². The van der Waals surface area contributed by atoms with Gasteiger partial charge in [0.1, 0.15) is 0 Å². The largest absolute Gasteiger partial charge is 0.379 e. The fourth-order valence-electron chi connectivity index (χ4n) is 3.71. The fourth-order valence-corrected chi connectivity index (χ4v) is 5.19. The molecule has 1 N–H and O–H groups in total. The molecule has 0 spiro atoms. The third-order valence-corrected chi connectivity index (χ3v) is 7.62. The van der Waals surface area contributed by atoms with Crippen LogP contribution in [0.3, 0.4) is 0 Å². The quantitative estimate of drug-likeness (QED) is 0.624. The van der Waals surface area contributed by atoms with Crippen molar-refractivity contribution in [2.24, 2.45) is 0 Å². The lowest BCUT2D eigenvalue weighted by molar-refractivity contribution is -0.121. The second-order valence-electron chi connectivity index (χ2n) is 8.66. The molecule has 1 aliphatic heterocycles. The van der Waals surface area contributed by atoms with Crippen LogP contribution in [0, 0.1) is 6.92 Å². The summed E-state index contributed by atoms with van der Waals surface area (Å²) in [4.78, 5) is 15.2. The topological polar surface area (TPSA) is 79.0 Å². The molecular formula is C24H33N3O4S. The smallest absolute Gasteiger partial charge is 0.264 e. The molecule has 0 radical (unpaired) electrons. The number of aryl methyl sites for hydroxylation is 1. The van der Waals surface area contributed by atoms with E-state index in [9.17, 15) is 13.2 Å². The van der Waals surface area contributed by atoms with Gasteiger partial charge in [0.2, 0.25) is 5.91 Å². The van der Waals surface area contributed by atoms with Crippen LogP contribution in [0.2, 0.25) is 0 Å². The average Bonchev–Trinajstić information content (AvgIpc) is 2.80. The van der Waals surface area contributed by atoms with Gasteiger partial charge in [-0.15, -0.1) is 0 Å². The first kappa shape index (κ1) is 24.2. The van der Waals surface area contributed by atoms with Gasteiger partial charge in [-0.25, -0.2) is 8.42 Å². The normalized spacial score (nSPS) is 15.3. The van der Waals surface area contributed by atoms with Crippen molar-refractivity contribution < 1.29 is 17.9 Å². The van der Waals surface area contributed by atoms with E-state index < -0.39 is 10.0 Å². The number of nitrogens with zero attached hydrogens (tertiary/aromatic N) is 2. The van der Waals surface area contributed by atoms with Gasteiger partial charge in [0.05, 0.1) is 23.8 Å². The standard InChI is InChI=1S/C24H33N3O4S/c1-20-9-11-21(12-10-20)27(32(29,30)22-7-5-4-6-8-22)14-13-23(28)25-19-24(2,3)26-15-17-31-18-16-26/h4-12H,13-19H2,1-3H3,(H,25,28). The molecule has 2 aromatic carbocycles. The summed E-state index contributed by atoms with van der Waals surface area (Å²) in [5.41, 5.74) is 1.38. The number of anilines is 1. The van der Waals surface area contributed by atoms with Gasteiger partial charge in [-0.2, -0.15) is 0 Å². The first-order chi connectivity index (χ1) is 15.2. The molecule has 0 saturated carbocycles. The fraction of sp³-hybridized carbons (Fsp3) is 0.458. The number of morpholine rings is 1. The second-order valence-corrected chi connectivity index (χ2v) is 10.5. The Labute approximate surface area is 191 Å². The number of nitrogens with one attached hydrogen (secondary N) is 1. The summed E-state index contributed by atoms with van der Waals surface area (Å²) in [6, 6.07) is 15.6. The molecule has 0 bridgehead atoms. The lowest BCUT2D eigenvalue weighted by Crippen LogP contribution is -2.55. The minimum absolute atomic E-state index is 0.0596. The number of amides is 1. The van der Waals surface area contributed by atoms with E-state index in [4.69, 9.17) is 4.74 Å². The van der Waals surface area contributed by atoms with Crippen molar-refractivity contribution in [3.8, 4) is 0 Å². The zero-order valence-electron chi connectivity index (χ0n) is 19.1. The Hall–Kier alpha value is -2.42. The summed E-state index contributed by atoms with van der Waals surface area (Å²) in [7, 11) is -3.79. The minimum Gasteiger partial charge on any atom is -0.379 e. The van der Waals surface area contributed by atoms with Crippen LogP contribution in [0.25, 0.3) is 0 Å². The SMILES string of the molecule is Cc1ccc(N(CCC(=O)NCC(C)(C)N2CCOCC2)S(=O)(=O)c2ccccc2)cc1. The predicted octanol–water partition coefficient (Wildman–Crippen LogP) is 2.81. The van der Waals surface area contributed by atoms with Crippen LogP contribution in [0.15, 0.2) is 59.5 Å². The van der Waals surface area contributed by atoms with E-state index in [1.165, 1.54) is 4.31 Å². The first-order valence-electron chi connectivity index (χ1n) is 10.9. The van der Waals surface area contributed by atoms with Crippen molar-refractivity contribution >= 4 is 21.6 Å². The van der Waals surface area contributed by atoms with Crippen molar-refractivity contribution in [2.45, 2.75) is 37.6 Å². The highest BCUT2D eigenvalue weighted by Gasteiger charge is 2.29. The van der Waals surface area contributed by atoms with Gasteiger partial charge in [0, 0.05) is 38.1 Å². The van der Waals surface area contributed by atoms with Crippen LogP contribution in [0.4, 0.5) is 5.69 Å². The third kappa shape index (κ3) is 6.09. The van der Waals surface area contributed by atoms with Gasteiger partial charge >= 0.3 is 0 Å². The number of carbonyl (C=O) groups excluding carboxylic acids is 1. The van der Waals surface area contributed by atoms with E-state index in [0.29, 0.717) is 25.4 Å². The monoisotopic (exact) mass is 459 g/mol. The maximum absolute atomic E-state index is 13.3. The van der Waals surface area contributed by atoms with Gasteiger partial charge in [-0.3, -0.25) is 14.0 Å². The maximum atomic E-state index is 13.3. The number of hydrogen-bond donors (Lipinski definition) is 1. The van der Waals surface area contributed by atoms with Crippen LogP contribution < -0.4 is 9.62 Å². The van der Waals surface area contributed by atoms with Gasteiger partial charge < -0.3 is 10.1 Å². The molecule has 3 rings (SSSR count). The van der Waals surface area contributed by atoms with E-state index in [0.717, 1.165) is 18.7 Å². The van der Waals surface area contributed by atoms with Crippen molar-refractivity contribution in [3.05, 3.63) is 60.2 Å². The Bertz CT molecular complexity index is 986. The molecule has 1 aliphatic rings. The zero-order chi connectivity index (χ0) is 23.2. The molecule has 1 saturated heterocycles. The maximum Gasteiger partial charge on any atom is 0.264 e. The summed E-state index contributed by atoms with van der Waals surface area (Å²) >= 11 is 0. The summed E-state index contributed by atoms with van der Waals surface area (Å²) in [6.45, 7) is 9.74. The Kier molecular flexibility index (Phi) is 7.92. The van der Waals surface area contributed by atoms with Crippen LogP contribution >= 0.6 is 0 Å². The summed E-state index contributed by atoms with van der Waals surface area (Å²) in [5.74, 6) is -0.174. The van der Waals surface area contributed by atoms with Gasteiger partial charge in [0.15, 0.2) is 0 Å². The van der Waals surface area contributed by atoms with Crippen molar-refractivity contribution in [3.63, 3.8) is 0 Å². The number of ether oxygens (including phenoxy) is 1. The van der Waals surface area contributed by atoms with Gasteiger partial charge in [-0.1, -0.05) is 35.9 Å². The van der Waals surface area contributed by atoms with Crippen molar-refractivity contribution in [1.82, 2.24) is 10.2 Å². The van der Waals surface area contributed by atoms with E-state index >= 15 is 0 Å². The highest BCUT2D eigenvalue weighted by atomic mass is 32.2. The zero-order valence-corrected chi connectivity index (χ0v) is 19.9. The number of carbonyl (C=O) groups is 1. The van der Waals surface area contributed by atoms with Gasteiger partial charge in [0.25, 0.3) is 10.0 Å². The molecule has 0 atom stereocenters. The summed E-state index contributed by atoms with van der Waals surface area (Å²) in [6.07, 6.45) is 0.0686. The molecule has 8 heteroatoms. The van der Waals surface area contributed by atoms with Crippen LogP contribution in [0.5, 0.6) is 0 Å². The molecule has 2 aromatic rings. The van der Waals surface area contributed by atoms with Crippen molar-refractivity contribution in [2.75, 3.05) is 43.7 Å². The minimum atomic E-state index is -3.79. The lowest BCUT2D eigenvalue weighted by Gasteiger charge is -2.40. The Morgan fingerprint density at radius 2 is 1.69 bits per heavy atom. The summed E-state index contributed by atoms with van der Waals surface area (Å²) < 4.78 is 33.4. The number of hydrogen-bond acceptors (Lipinski definition) is 5. The Morgan fingerprint density at radius 1 is 1.06 bits per heavy atom. The van der Waals surface area contributed by atoms with Gasteiger partial charge in [-0.05, 0) is 45.0 Å². The molecule has 0 unspecified atom stereocenters. The summed E-state index contributed by atoms with van der Waals surface area (Å²) in [5, 5.41) is 2.98. The lowest BCUT2D eigenvalue weighted by atomic mass is 10.0. The number of rotatable bonds is 9. The predicted molar refractivity (Wildman–Crippen MR) is 126 cm³/mol. The molecule has 0 aromatic heterocycles. The molecule has 7 nitrogen and oxygen atoms in total. The molecule has 0 aliphatic carbocycles. The second kappa shape index (κ2) is 10.5. The van der Waals surface area contributed by atoms with Crippen molar-refractivity contribution in [1.29, 1.82) is 0 Å². The van der Waals surface area contributed by atoms with E-state index in [1.807, 2.05) is 19.1 Å². The van der Waals surface area contributed by atoms with Crippen LogP contribution in [0.1, 0.15) is 25.8 Å². The van der Waals surface area contributed by atoms with E-state index in [1.54, 1.807) is 42.5 Å². The Balaban J connectivity index is 1.68. The molecule has 1 heterocycles.